The third-order valence-corrected chi connectivity index (χ3v) is 6.18. The highest BCUT2D eigenvalue weighted by Gasteiger charge is 2.53. The van der Waals surface area contributed by atoms with Gasteiger partial charge in [-0.2, -0.15) is 0 Å². The van der Waals surface area contributed by atoms with Gasteiger partial charge in [0.2, 0.25) is 11.8 Å². The number of carbonyl (C=O) groups excluding carboxylic acids is 2. The van der Waals surface area contributed by atoms with E-state index in [0.717, 1.165) is 43.2 Å². The number of benzene rings is 2. The summed E-state index contributed by atoms with van der Waals surface area (Å²) >= 11 is 0. The lowest BCUT2D eigenvalue weighted by molar-refractivity contribution is -0.157. The molecule has 134 valence electrons. The summed E-state index contributed by atoms with van der Waals surface area (Å²) in [5.74, 6) is -0.0270. The molecular formula is C23H25NO2. The molecule has 2 aliphatic rings. The van der Waals surface area contributed by atoms with Gasteiger partial charge in [0.25, 0.3) is 0 Å². The van der Waals surface area contributed by atoms with Crippen molar-refractivity contribution in [2.45, 2.75) is 43.9 Å². The molecule has 1 saturated carbocycles. The van der Waals surface area contributed by atoms with E-state index in [0.29, 0.717) is 13.0 Å². The van der Waals surface area contributed by atoms with Crippen LogP contribution >= 0.6 is 0 Å². The molecule has 2 atom stereocenters. The lowest BCUT2D eigenvalue weighted by atomic mass is 9.58. The molecule has 2 aromatic rings. The largest absolute Gasteiger partial charge is 0.282 e. The number of fused-ring (bicyclic) bond motifs is 1. The molecule has 1 aliphatic heterocycles. The smallest absolute Gasteiger partial charge is 0.233 e. The van der Waals surface area contributed by atoms with E-state index in [1.165, 1.54) is 4.90 Å². The fourth-order valence-corrected chi connectivity index (χ4v) is 4.83. The number of nitrogens with zero attached hydrogens (tertiary/aromatic N) is 1. The number of rotatable bonds is 4. The SMILES string of the molecule is O=C1C[C@@]2(c3ccccc3)CCCC[C@H]2C(=O)N1CCc1ccccc1. The second kappa shape index (κ2) is 7.06. The lowest BCUT2D eigenvalue weighted by Gasteiger charge is -2.49. The number of amides is 2. The van der Waals surface area contributed by atoms with E-state index < -0.39 is 0 Å². The van der Waals surface area contributed by atoms with E-state index in [9.17, 15) is 9.59 Å². The highest BCUT2D eigenvalue weighted by atomic mass is 16.2. The maximum Gasteiger partial charge on any atom is 0.233 e. The van der Waals surface area contributed by atoms with Crippen molar-refractivity contribution >= 4 is 11.8 Å². The van der Waals surface area contributed by atoms with Gasteiger partial charge in [-0.1, -0.05) is 73.5 Å². The molecule has 2 fully saturated rings. The fraction of sp³-hybridized carbons (Fsp3) is 0.391. The van der Waals surface area contributed by atoms with Crippen molar-refractivity contribution in [3.8, 4) is 0 Å². The summed E-state index contributed by atoms with van der Waals surface area (Å²) in [5, 5.41) is 0. The van der Waals surface area contributed by atoms with Gasteiger partial charge in [-0.3, -0.25) is 14.5 Å². The first-order chi connectivity index (χ1) is 12.7. The Bertz CT molecular complexity index is 786. The molecule has 26 heavy (non-hydrogen) atoms. The van der Waals surface area contributed by atoms with Crippen LogP contribution in [0.15, 0.2) is 60.7 Å². The van der Waals surface area contributed by atoms with E-state index in [4.69, 9.17) is 0 Å². The first-order valence-electron chi connectivity index (χ1n) is 9.64. The van der Waals surface area contributed by atoms with Gasteiger partial charge >= 0.3 is 0 Å². The van der Waals surface area contributed by atoms with E-state index in [1.807, 2.05) is 48.5 Å². The summed E-state index contributed by atoms with van der Waals surface area (Å²) in [6, 6.07) is 20.3. The zero-order valence-corrected chi connectivity index (χ0v) is 15.1. The van der Waals surface area contributed by atoms with Crippen LogP contribution < -0.4 is 0 Å². The Hall–Kier alpha value is -2.42. The van der Waals surface area contributed by atoms with Crippen LogP contribution in [0.25, 0.3) is 0 Å². The lowest BCUT2D eigenvalue weighted by Crippen LogP contribution is -2.57. The van der Waals surface area contributed by atoms with Crippen LogP contribution in [-0.2, 0) is 21.4 Å². The van der Waals surface area contributed by atoms with Gasteiger partial charge in [0.15, 0.2) is 0 Å². The van der Waals surface area contributed by atoms with Gasteiger partial charge in [0, 0.05) is 24.3 Å². The Morgan fingerprint density at radius 2 is 1.62 bits per heavy atom. The molecule has 4 rings (SSSR count). The number of imide groups is 1. The van der Waals surface area contributed by atoms with Crippen LogP contribution in [0, 0.1) is 5.92 Å². The van der Waals surface area contributed by atoms with Crippen LogP contribution in [-0.4, -0.2) is 23.3 Å². The molecule has 2 amide bonds. The summed E-state index contributed by atoms with van der Waals surface area (Å²) < 4.78 is 0. The number of hydrogen-bond acceptors (Lipinski definition) is 2. The monoisotopic (exact) mass is 347 g/mol. The molecule has 0 spiro atoms. The van der Waals surface area contributed by atoms with E-state index >= 15 is 0 Å². The maximum atomic E-state index is 13.3. The molecular weight excluding hydrogens is 322 g/mol. The van der Waals surface area contributed by atoms with Crippen molar-refractivity contribution in [2.75, 3.05) is 6.54 Å². The molecule has 0 unspecified atom stereocenters. The van der Waals surface area contributed by atoms with Crippen molar-refractivity contribution in [3.63, 3.8) is 0 Å². The highest BCUT2D eigenvalue weighted by Crippen LogP contribution is 2.49. The summed E-state index contributed by atoms with van der Waals surface area (Å²) in [6.07, 6.45) is 5.18. The van der Waals surface area contributed by atoms with Gasteiger partial charge in [-0.15, -0.1) is 0 Å². The second-order valence-corrected chi connectivity index (χ2v) is 7.62. The zero-order chi connectivity index (χ0) is 18.0. The molecule has 2 aromatic carbocycles. The minimum atomic E-state index is -0.295. The molecule has 0 aromatic heterocycles. The summed E-state index contributed by atoms with van der Waals surface area (Å²) in [6.45, 7) is 0.489. The summed E-state index contributed by atoms with van der Waals surface area (Å²) in [7, 11) is 0. The first kappa shape index (κ1) is 17.0. The molecule has 0 N–H and O–H groups in total. The van der Waals surface area contributed by atoms with Crippen LogP contribution in [0.4, 0.5) is 0 Å². The molecule has 3 heteroatoms. The van der Waals surface area contributed by atoms with Gasteiger partial charge < -0.3 is 0 Å². The quantitative estimate of drug-likeness (QED) is 0.780. The molecule has 3 nitrogen and oxygen atoms in total. The highest BCUT2D eigenvalue weighted by molar-refractivity contribution is 6.01. The molecule has 1 saturated heterocycles. The van der Waals surface area contributed by atoms with E-state index in [1.54, 1.807) is 0 Å². The van der Waals surface area contributed by atoms with E-state index in [2.05, 4.69) is 12.1 Å². The third kappa shape index (κ3) is 2.96. The second-order valence-electron chi connectivity index (χ2n) is 7.62. The Morgan fingerprint density at radius 1 is 0.923 bits per heavy atom. The minimum absolute atomic E-state index is 0.00654. The summed E-state index contributed by atoms with van der Waals surface area (Å²) in [5.41, 5.74) is 2.03. The van der Waals surface area contributed by atoms with Crippen LogP contribution in [0.3, 0.4) is 0 Å². The topological polar surface area (TPSA) is 37.4 Å². The number of carbonyl (C=O) groups is 2. The van der Waals surface area contributed by atoms with Crippen LogP contribution in [0.1, 0.15) is 43.2 Å². The Labute approximate surface area is 155 Å². The Morgan fingerprint density at radius 3 is 2.35 bits per heavy atom. The average molecular weight is 347 g/mol. The summed E-state index contributed by atoms with van der Waals surface area (Å²) in [4.78, 5) is 27.8. The maximum absolute atomic E-state index is 13.3. The number of piperidine rings is 1. The average Bonchev–Trinajstić information content (AvgIpc) is 2.69. The predicted molar refractivity (Wildman–Crippen MR) is 102 cm³/mol. The van der Waals surface area contributed by atoms with Crippen molar-refractivity contribution in [3.05, 3.63) is 71.8 Å². The zero-order valence-electron chi connectivity index (χ0n) is 15.1. The van der Waals surface area contributed by atoms with Crippen molar-refractivity contribution in [2.24, 2.45) is 5.92 Å². The Kier molecular flexibility index (Phi) is 4.62. The Balaban J connectivity index is 1.59. The first-order valence-corrected chi connectivity index (χ1v) is 9.64. The normalized spacial score (nSPS) is 25.8. The fourth-order valence-electron chi connectivity index (χ4n) is 4.83. The predicted octanol–water partition coefficient (Wildman–Crippen LogP) is 4.12. The van der Waals surface area contributed by atoms with Gasteiger partial charge in [-0.05, 0) is 30.4 Å². The van der Waals surface area contributed by atoms with Gasteiger partial charge in [-0.25, -0.2) is 0 Å². The number of likely N-dealkylation sites (tertiary alicyclic amines) is 1. The van der Waals surface area contributed by atoms with Crippen LogP contribution in [0.5, 0.6) is 0 Å². The number of hydrogen-bond donors (Lipinski definition) is 0. The van der Waals surface area contributed by atoms with Crippen molar-refractivity contribution in [1.82, 2.24) is 4.90 Å². The molecule has 1 aliphatic carbocycles. The molecule has 0 bridgehead atoms. The van der Waals surface area contributed by atoms with Gasteiger partial charge in [0.05, 0.1) is 0 Å². The van der Waals surface area contributed by atoms with Gasteiger partial charge in [0.1, 0.15) is 0 Å². The minimum Gasteiger partial charge on any atom is -0.282 e. The van der Waals surface area contributed by atoms with E-state index in [-0.39, 0.29) is 23.1 Å². The third-order valence-electron chi connectivity index (χ3n) is 6.18. The molecule has 1 heterocycles. The molecule has 0 radical (unpaired) electrons. The van der Waals surface area contributed by atoms with Crippen LogP contribution in [0.2, 0.25) is 0 Å². The van der Waals surface area contributed by atoms with Crippen molar-refractivity contribution < 1.29 is 9.59 Å². The standard InChI is InChI=1S/C23H25NO2/c25-21-17-23(19-11-5-2-6-12-19)15-8-7-13-20(23)22(26)24(21)16-14-18-9-3-1-4-10-18/h1-6,9-12,20H,7-8,13-17H2/t20-,23+/m0/s1. The van der Waals surface area contributed by atoms with Crippen molar-refractivity contribution in [1.29, 1.82) is 0 Å².